The molecule has 3 aromatic rings. The van der Waals surface area contributed by atoms with Crippen LogP contribution in [0.1, 0.15) is 38.4 Å². The predicted octanol–water partition coefficient (Wildman–Crippen LogP) is 4.24. The Morgan fingerprint density at radius 2 is 1.91 bits per heavy atom. The minimum atomic E-state index is -0.458. The SMILES string of the molecule is COc1ccc(C)cc1NC(=NCCc1c(C)nn(C)c1C)NC(=O)c1ccc(C)c(F)c1. The molecule has 0 atom stereocenters. The summed E-state index contributed by atoms with van der Waals surface area (Å²) in [6.07, 6.45) is 0.663. The van der Waals surface area contributed by atoms with Gasteiger partial charge in [0.05, 0.1) is 18.5 Å². The topological polar surface area (TPSA) is 80.5 Å². The highest BCUT2D eigenvalue weighted by Gasteiger charge is 2.14. The largest absolute Gasteiger partial charge is 0.495 e. The van der Waals surface area contributed by atoms with Crippen molar-refractivity contribution in [2.45, 2.75) is 34.1 Å². The molecule has 8 heteroatoms. The van der Waals surface area contributed by atoms with Crippen LogP contribution >= 0.6 is 0 Å². The normalized spacial score (nSPS) is 11.4. The molecular formula is C25H30FN5O2. The van der Waals surface area contributed by atoms with E-state index in [-0.39, 0.29) is 11.5 Å². The molecule has 174 valence electrons. The number of aliphatic imine (C=N–C) groups is 1. The molecule has 33 heavy (non-hydrogen) atoms. The summed E-state index contributed by atoms with van der Waals surface area (Å²) >= 11 is 0. The third-order valence-corrected chi connectivity index (χ3v) is 5.56. The van der Waals surface area contributed by atoms with Gasteiger partial charge in [-0.15, -0.1) is 0 Å². The van der Waals surface area contributed by atoms with Crippen LogP contribution in [-0.2, 0) is 13.5 Å². The Labute approximate surface area is 193 Å². The zero-order valence-corrected chi connectivity index (χ0v) is 19.9. The lowest BCUT2D eigenvalue weighted by atomic mass is 10.1. The molecule has 0 spiro atoms. The molecule has 0 aliphatic heterocycles. The van der Waals surface area contributed by atoms with E-state index in [9.17, 15) is 9.18 Å². The van der Waals surface area contributed by atoms with Gasteiger partial charge in [0.2, 0.25) is 5.96 Å². The molecule has 1 heterocycles. The van der Waals surface area contributed by atoms with Gasteiger partial charge in [-0.05, 0) is 75.1 Å². The first-order valence-corrected chi connectivity index (χ1v) is 10.7. The van der Waals surface area contributed by atoms with E-state index in [0.717, 1.165) is 22.5 Å². The van der Waals surface area contributed by atoms with Gasteiger partial charge >= 0.3 is 0 Å². The van der Waals surface area contributed by atoms with Crippen LogP contribution in [0, 0.1) is 33.5 Å². The number of amides is 1. The number of ether oxygens (including phenoxy) is 1. The molecular weight excluding hydrogens is 421 g/mol. The molecule has 3 rings (SSSR count). The molecule has 1 amide bonds. The van der Waals surface area contributed by atoms with Gasteiger partial charge in [0.1, 0.15) is 11.6 Å². The second-order valence-corrected chi connectivity index (χ2v) is 8.00. The lowest BCUT2D eigenvalue weighted by Crippen LogP contribution is -2.36. The van der Waals surface area contributed by atoms with Crippen molar-refractivity contribution in [2.24, 2.45) is 12.0 Å². The van der Waals surface area contributed by atoms with Gasteiger partial charge in [0.25, 0.3) is 5.91 Å². The number of benzene rings is 2. The summed E-state index contributed by atoms with van der Waals surface area (Å²) in [4.78, 5) is 17.4. The maximum Gasteiger partial charge on any atom is 0.258 e. The number of guanidine groups is 1. The molecule has 0 saturated carbocycles. The summed E-state index contributed by atoms with van der Waals surface area (Å²) < 4.78 is 21.3. The highest BCUT2D eigenvalue weighted by atomic mass is 19.1. The Balaban J connectivity index is 1.86. The Hall–Kier alpha value is -3.68. The van der Waals surface area contributed by atoms with Crippen molar-refractivity contribution < 1.29 is 13.9 Å². The van der Waals surface area contributed by atoms with E-state index < -0.39 is 11.7 Å². The monoisotopic (exact) mass is 451 g/mol. The number of hydrogen-bond acceptors (Lipinski definition) is 4. The maximum absolute atomic E-state index is 14.0. The Morgan fingerprint density at radius 3 is 2.55 bits per heavy atom. The van der Waals surface area contributed by atoms with Crippen molar-refractivity contribution in [1.82, 2.24) is 15.1 Å². The minimum absolute atomic E-state index is 0.211. The Bertz CT molecular complexity index is 1200. The third kappa shape index (κ3) is 5.77. The molecule has 0 radical (unpaired) electrons. The number of carbonyl (C=O) groups excluding carboxylic acids is 1. The number of halogens is 1. The molecule has 0 aliphatic carbocycles. The van der Waals surface area contributed by atoms with Gasteiger partial charge < -0.3 is 10.1 Å². The van der Waals surface area contributed by atoms with Crippen LogP contribution in [0.3, 0.4) is 0 Å². The molecule has 0 bridgehead atoms. The van der Waals surface area contributed by atoms with E-state index in [0.29, 0.717) is 30.0 Å². The van der Waals surface area contributed by atoms with Crippen LogP contribution in [0.4, 0.5) is 10.1 Å². The number of aryl methyl sites for hydroxylation is 4. The summed E-state index contributed by atoms with van der Waals surface area (Å²) in [6, 6.07) is 10.1. The number of nitrogens with zero attached hydrogens (tertiary/aromatic N) is 3. The van der Waals surface area contributed by atoms with E-state index in [1.807, 2.05) is 50.7 Å². The molecule has 1 aromatic heterocycles. The second-order valence-electron chi connectivity index (χ2n) is 8.00. The smallest absolute Gasteiger partial charge is 0.258 e. The number of carbonyl (C=O) groups is 1. The maximum atomic E-state index is 14.0. The molecule has 0 unspecified atom stereocenters. The van der Waals surface area contributed by atoms with Crippen molar-refractivity contribution in [3.05, 3.63) is 75.9 Å². The van der Waals surface area contributed by atoms with Crippen molar-refractivity contribution in [3.63, 3.8) is 0 Å². The van der Waals surface area contributed by atoms with E-state index >= 15 is 0 Å². The van der Waals surface area contributed by atoms with Gasteiger partial charge in [0, 0.05) is 24.8 Å². The number of rotatable bonds is 6. The van der Waals surface area contributed by atoms with Gasteiger partial charge in [-0.25, -0.2) is 4.39 Å². The summed E-state index contributed by atoms with van der Waals surface area (Å²) in [5, 5.41) is 10.4. The van der Waals surface area contributed by atoms with Crippen LogP contribution in [0.5, 0.6) is 5.75 Å². The molecule has 0 fully saturated rings. The predicted molar refractivity (Wildman–Crippen MR) is 129 cm³/mol. The lowest BCUT2D eigenvalue weighted by molar-refractivity contribution is 0.0976. The van der Waals surface area contributed by atoms with Crippen molar-refractivity contribution in [2.75, 3.05) is 19.0 Å². The Kier molecular flexibility index (Phi) is 7.48. The zero-order chi connectivity index (χ0) is 24.1. The lowest BCUT2D eigenvalue weighted by Gasteiger charge is -2.15. The number of methoxy groups -OCH3 is 1. The second kappa shape index (κ2) is 10.3. The standard InChI is InChI=1S/C25H30FN5O2/c1-15-7-10-23(33-6)22(13-15)28-25(27-12-11-20-17(3)30-31(5)18(20)4)29-24(32)19-9-8-16(2)21(26)14-19/h7-10,13-14H,11-12H2,1-6H3,(H2,27,28,29,32). The van der Waals surface area contributed by atoms with Crippen molar-refractivity contribution >= 4 is 17.6 Å². The molecule has 0 saturated heterocycles. The average Bonchev–Trinajstić information content (AvgIpc) is 3.01. The zero-order valence-electron chi connectivity index (χ0n) is 19.9. The number of nitrogens with one attached hydrogen (secondary N) is 2. The van der Waals surface area contributed by atoms with Crippen LogP contribution < -0.4 is 15.4 Å². The van der Waals surface area contributed by atoms with E-state index in [2.05, 4.69) is 20.7 Å². The fraction of sp³-hybridized carbons (Fsp3) is 0.320. The Morgan fingerprint density at radius 1 is 1.15 bits per heavy atom. The third-order valence-electron chi connectivity index (χ3n) is 5.56. The van der Waals surface area contributed by atoms with E-state index in [1.54, 1.807) is 26.2 Å². The molecule has 2 N–H and O–H groups in total. The van der Waals surface area contributed by atoms with Crippen molar-refractivity contribution in [1.29, 1.82) is 0 Å². The van der Waals surface area contributed by atoms with Gasteiger partial charge in [-0.3, -0.25) is 19.8 Å². The van der Waals surface area contributed by atoms with Gasteiger partial charge in [-0.2, -0.15) is 5.10 Å². The summed E-state index contributed by atoms with van der Waals surface area (Å²) in [7, 11) is 3.49. The molecule has 0 aliphatic rings. The first-order valence-electron chi connectivity index (χ1n) is 10.7. The van der Waals surface area contributed by atoms with Crippen LogP contribution in [0.25, 0.3) is 0 Å². The van der Waals surface area contributed by atoms with E-state index in [1.165, 1.54) is 6.07 Å². The molecule has 7 nitrogen and oxygen atoms in total. The van der Waals surface area contributed by atoms with Gasteiger partial charge in [0.15, 0.2) is 0 Å². The van der Waals surface area contributed by atoms with Crippen LogP contribution in [0.2, 0.25) is 0 Å². The van der Waals surface area contributed by atoms with E-state index in [4.69, 9.17) is 4.74 Å². The summed E-state index contributed by atoms with van der Waals surface area (Å²) in [5.41, 5.74) is 5.54. The highest BCUT2D eigenvalue weighted by molar-refractivity contribution is 6.10. The quantitative estimate of drug-likeness (QED) is 0.434. The summed E-state index contributed by atoms with van der Waals surface area (Å²) in [6.45, 7) is 8.02. The van der Waals surface area contributed by atoms with Crippen molar-refractivity contribution in [3.8, 4) is 5.75 Å². The van der Waals surface area contributed by atoms with Crippen LogP contribution in [0.15, 0.2) is 41.4 Å². The first kappa shape index (κ1) is 24.0. The molecule has 2 aromatic carbocycles. The summed E-state index contributed by atoms with van der Waals surface area (Å²) in [5.74, 6) is -0.0237. The average molecular weight is 452 g/mol. The fourth-order valence-corrected chi connectivity index (χ4v) is 3.53. The first-order chi connectivity index (χ1) is 15.7. The minimum Gasteiger partial charge on any atom is -0.495 e. The number of aromatic nitrogens is 2. The van der Waals surface area contributed by atoms with Gasteiger partial charge in [-0.1, -0.05) is 12.1 Å². The number of hydrogen-bond donors (Lipinski definition) is 2. The fourth-order valence-electron chi connectivity index (χ4n) is 3.53. The number of anilines is 1. The highest BCUT2D eigenvalue weighted by Crippen LogP contribution is 2.25. The van der Waals surface area contributed by atoms with Crippen LogP contribution in [-0.4, -0.2) is 35.3 Å².